The second kappa shape index (κ2) is 24.6. The lowest BCUT2D eigenvalue weighted by atomic mass is 9.95. The van der Waals surface area contributed by atoms with E-state index < -0.39 is 0 Å². The van der Waals surface area contributed by atoms with Gasteiger partial charge in [-0.15, -0.1) is 0 Å². The maximum absolute atomic E-state index is 11.0. The Hall–Kier alpha value is -13.8. The third-order valence-corrected chi connectivity index (χ3v) is 18.7. The molecule has 0 bridgehead atoms. The zero-order valence-electron chi connectivity index (χ0n) is 52.8. The first-order chi connectivity index (χ1) is 48.4. The minimum Gasteiger partial charge on any atom is -0.309 e. The summed E-state index contributed by atoms with van der Waals surface area (Å²) in [5, 5.41) is 36.5. The molecule has 8 nitrogen and oxygen atoms in total. The second-order valence-electron chi connectivity index (χ2n) is 24.4. The van der Waals surface area contributed by atoms with Crippen LogP contribution in [0.1, 0.15) is 16.7 Å². The smallest absolute Gasteiger partial charge is 0.164 e. The number of nitrogens with zero attached hydrogens (tertiary/aromatic N) is 8. The Morgan fingerprint density at radius 2 is 0.541 bits per heavy atom. The van der Waals surface area contributed by atoms with Gasteiger partial charge in [0.1, 0.15) is 0 Å². The van der Waals surface area contributed by atoms with Crippen molar-refractivity contribution in [2.24, 2.45) is 0 Å². The van der Waals surface area contributed by atoms with Crippen LogP contribution in [0.2, 0.25) is 0 Å². The molecule has 3 heterocycles. The van der Waals surface area contributed by atoms with E-state index in [-0.39, 0.29) is 0 Å². The summed E-state index contributed by atoms with van der Waals surface area (Å²) in [5.41, 5.74) is 23.0. The Morgan fingerprint density at radius 3 is 0.918 bits per heavy atom. The van der Waals surface area contributed by atoms with Gasteiger partial charge in [-0.25, -0.2) is 15.0 Å². The fourth-order valence-electron chi connectivity index (χ4n) is 14.0. The molecule has 0 atom stereocenters. The molecule has 0 aliphatic rings. The quantitative estimate of drug-likeness (QED) is 0.120. The Balaban J connectivity index is 0.904. The van der Waals surface area contributed by atoms with E-state index in [1.807, 2.05) is 115 Å². The van der Waals surface area contributed by atoms with Crippen LogP contribution in [-0.4, -0.2) is 24.1 Å². The zero-order chi connectivity index (χ0) is 65.6. The van der Waals surface area contributed by atoms with E-state index in [1.165, 1.54) is 0 Å². The molecule has 0 radical (unpaired) electrons. The Kier molecular flexibility index (Phi) is 14.5. The summed E-state index contributed by atoms with van der Waals surface area (Å²) in [7, 11) is 0. The first-order valence-electron chi connectivity index (χ1n) is 32.5. The standard InChI is InChI=1S/C90H54N8/c91-55-58-20-19-31-67(48-58)72-32-17-18-35-75(72)90-95-88(68-40-46-82(76(53-68)73-33-15-13-29-70(73)56-92)97-84-42-36-63(59-21-5-1-6-22-59)49-78(84)79-50-64(37-43-85(79)97)60-23-7-2-8-24-60)94-89(96-90)69-41-47-83(77(54-69)74-34-16-14-30-71(74)57-93)98-86-44-38-65(61-25-9-3-10-26-61)51-80(86)81-52-66(39-45-87(81)98)62-27-11-4-12-28-62/h1-54H. The van der Waals surface area contributed by atoms with Crippen LogP contribution >= 0.6 is 0 Å². The Bertz CT molecular complexity index is 5630. The predicted octanol–water partition coefficient (Wildman–Crippen LogP) is 22.4. The molecule has 17 rings (SSSR count). The van der Waals surface area contributed by atoms with Gasteiger partial charge >= 0.3 is 0 Å². The molecule has 17 aromatic rings. The molecule has 0 amide bonds. The van der Waals surface area contributed by atoms with E-state index in [0.29, 0.717) is 45.3 Å². The second-order valence-corrected chi connectivity index (χ2v) is 24.4. The average molecular weight is 1250 g/mol. The molecule has 14 aromatic carbocycles. The average Bonchev–Trinajstić information content (AvgIpc) is 1.58. The van der Waals surface area contributed by atoms with Gasteiger partial charge in [0.05, 0.1) is 68.3 Å². The van der Waals surface area contributed by atoms with Gasteiger partial charge in [0.25, 0.3) is 0 Å². The van der Waals surface area contributed by atoms with Crippen molar-refractivity contribution in [2.45, 2.75) is 0 Å². The zero-order valence-corrected chi connectivity index (χ0v) is 52.8. The highest BCUT2D eigenvalue weighted by Gasteiger charge is 2.25. The number of aromatic nitrogens is 5. The normalized spacial score (nSPS) is 11.2. The fraction of sp³-hybridized carbons (Fsp3) is 0. The van der Waals surface area contributed by atoms with Crippen molar-refractivity contribution in [1.82, 2.24) is 24.1 Å². The summed E-state index contributed by atoms with van der Waals surface area (Å²) in [4.78, 5) is 16.4. The fourth-order valence-corrected chi connectivity index (χ4v) is 14.0. The molecule has 0 fully saturated rings. The number of benzene rings is 14. The number of rotatable bonds is 12. The van der Waals surface area contributed by atoms with Gasteiger partial charge in [-0.05, 0) is 165 Å². The van der Waals surface area contributed by atoms with Crippen LogP contribution in [0.3, 0.4) is 0 Å². The summed E-state index contributed by atoms with van der Waals surface area (Å²) in [6, 6.07) is 120. The Labute approximate surface area is 566 Å². The van der Waals surface area contributed by atoms with Gasteiger partial charge in [-0.3, -0.25) is 0 Å². The largest absolute Gasteiger partial charge is 0.309 e. The molecular weight excluding hydrogens is 1190 g/mol. The lowest BCUT2D eigenvalue weighted by Gasteiger charge is -2.18. The maximum atomic E-state index is 11.0. The van der Waals surface area contributed by atoms with Gasteiger partial charge in [0.15, 0.2) is 17.5 Å². The minimum absolute atomic E-state index is 0.393. The summed E-state index contributed by atoms with van der Waals surface area (Å²) in [6.45, 7) is 0. The SMILES string of the molecule is N#Cc1cccc(-c2ccccc2-c2nc(-c3ccc(-n4c5ccc(-c6ccccc6)cc5c5cc(-c6ccccc6)ccc54)c(-c4ccccc4C#N)c3)nc(-c3ccc(-n4c5ccc(-c6ccccc6)cc5c5cc(-c6ccccc6)ccc54)c(-c4ccccc4C#N)c3)n2)c1. The van der Waals surface area contributed by atoms with E-state index in [9.17, 15) is 15.8 Å². The monoisotopic (exact) mass is 1250 g/mol. The summed E-state index contributed by atoms with van der Waals surface area (Å²) < 4.78 is 4.64. The van der Waals surface area contributed by atoms with E-state index in [4.69, 9.17) is 15.0 Å². The van der Waals surface area contributed by atoms with Crippen molar-refractivity contribution in [3.8, 4) is 142 Å². The molecule has 0 saturated heterocycles. The lowest BCUT2D eigenvalue weighted by molar-refractivity contribution is 1.07. The van der Waals surface area contributed by atoms with Gasteiger partial charge in [-0.1, -0.05) is 218 Å². The summed E-state index contributed by atoms with van der Waals surface area (Å²) >= 11 is 0. The van der Waals surface area contributed by atoms with Crippen molar-refractivity contribution in [2.75, 3.05) is 0 Å². The van der Waals surface area contributed by atoms with Crippen molar-refractivity contribution in [1.29, 1.82) is 15.8 Å². The van der Waals surface area contributed by atoms with E-state index in [2.05, 4.69) is 234 Å². The van der Waals surface area contributed by atoms with Gasteiger partial charge in [0.2, 0.25) is 0 Å². The van der Waals surface area contributed by atoms with Crippen LogP contribution in [0.5, 0.6) is 0 Å². The van der Waals surface area contributed by atoms with Crippen LogP contribution < -0.4 is 0 Å². The molecule has 98 heavy (non-hydrogen) atoms. The maximum Gasteiger partial charge on any atom is 0.164 e. The highest BCUT2D eigenvalue weighted by molar-refractivity contribution is 6.14. The molecule has 0 N–H and O–H groups in total. The summed E-state index contributed by atoms with van der Waals surface area (Å²) in [5.74, 6) is 1.19. The van der Waals surface area contributed by atoms with Crippen molar-refractivity contribution < 1.29 is 0 Å². The predicted molar refractivity (Wildman–Crippen MR) is 397 cm³/mol. The van der Waals surface area contributed by atoms with Gasteiger partial charge < -0.3 is 9.13 Å². The number of fused-ring (bicyclic) bond motifs is 6. The van der Waals surface area contributed by atoms with Crippen LogP contribution in [0.25, 0.3) is 167 Å². The van der Waals surface area contributed by atoms with Crippen molar-refractivity contribution in [3.05, 3.63) is 344 Å². The third kappa shape index (κ3) is 10.3. The van der Waals surface area contributed by atoms with Crippen LogP contribution in [0.15, 0.2) is 328 Å². The first-order valence-corrected chi connectivity index (χ1v) is 32.5. The molecule has 0 saturated carbocycles. The van der Waals surface area contributed by atoms with E-state index in [1.54, 1.807) is 6.07 Å². The number of nitriles is 3. The molecule has 0 unspecified atom stereocenters. The van der Waals surface area contributed by atoms with E-state index in [0.717, 1.165) is 138 Å². The highest BCUT2D eigenvalue weighted by Crippen LogP contribution is 2.45. The van der Waals surface area contributed by atoms with Crippen molar-refractivity contribution in [3.63, 3.8) is 0 Å². The summed E-state index contributed by atoms with van der Waals surface area (Å²) in [6.07, 6.45) is 0. The van der Waals surface area contributed by atoms with Crippen LogP contribution in [-0.2, 0) is 0 Å². The number of hydrogen-bond donors (Lipinski definition) is 0. The van der Waals surface area contributed by atoms with Crippen LogP contribution in [0, 0.1) is 34.0 Å². The molecule has 0 aliphatic heterocycles. The number of hydrogen-bond acceptors (Lipinski definition) is 6. The molecule has 0 spiro atoms. The van der Waals surface area contributed by atoms with E-state index >= 15 is 0 Å². The molecule has 3 aromatic heterocycles. The third-order valence-electron chi connectivity index (χ3n) is 18.7. The lowest BCUT2D eigenvalue weighted by Crippen LogP contribution is -2.04. The minimum atomic E-state index is 0.393. The van der Waals surface area contributed by atoms with Crippen molar-refractivity contribution >= 4 is 43.6 Å². The topological polar surface area (TPSA) is 120 Å². The van der Waals surface area contributed by atoms with Gasteiger partial charge in [-0.2, -0.15) is 15.8 Å². The van der Waals surface area contributed by atoms with Gasteiger partial charge in [0, 0.05) is 60.5 Å². The Morgan fingerprint density at radius 1 is 0.214 bits per heavy atom. The van der Waals surface area contributed by atoms with Crippen LogP contribution in [0.4, 0.5) is 0 Å². The molecular formula is C90H54N8. The molecule has 8 heteroatoms. The highest BCUT2D eigenvalue weighted by atomic mass is 15.0. The molecule has 0 aliphatic carbocycles. The first kappa shape index (κ1) is 58.0. The molecule has 454 valence electrons.